The molecule has 0 aliphatic carbocycles. The van der Waals surface area contributed by atoms with E-state index in [4.69, 9.17) is 0 Å². The van der Waals surface area contributed by atoms with Crippen LogP contribution in [-0.2, 0) is 13.6 Å². The van der Waals surface area contributed by atoms with E-state index in [2.05, 4.69) is 22.3 Å². The van der Waals surface area contributed by atoms with E-state index in [9.17, 15) is 0 Å². The second-order valence-corrected chi connectivity index (χ2v) is 4.76. The number of thiazole rings is 1. The van der Waals surface area contributed by atoms with Gasteiger partial charge >= 0.3 is 0 Å². The zero-order valence-electron chi connectivity index (χ0n) is 9.60. The summed E-state index contributed by atoms with van der Waals surface area (Å²) in [5.41, 5.74) is 1.08. The zero-order valence-corrected chi connectivity index (χ0v) is 10.4. The van der Waals surface area contributed by atoms with Gasteiger partial charge in [0.2, 0.25) is 0 Å². The molecule has 2 aromatic rings. The van der Waals surface area contributed by atoms with Crippen LogP contribution in [0.25, 0.3) is 10.7 Å². The Morgan fingerprint density at radius 2 is 2.38 bits per heavy atom. The Bertz CT molecular complexity index is 446. The van der Waals surface area contributed by atoms with Gasteiger partial charge in [0.25, 0.3) is 0 Å². The molecule has 0 aromatic carbocycles. The lowest BCUT2D eigenvalue weighted by atomic mass is 10.4. The molecule has 0 atom stereocenters. The summed E-state index contributed by atoms with van der Waals surface area (Å²) < 4.78 is 1.85. The summed E-state index contributed by atoms with van der Waals surface area (Å²) >= 11 is 1.72. The fraction of sp³-hybridized carbons (Fsp3) is 0.455. The van der Waals surface area contributed by atoms with Crippen molar-refractivity contribution in [3.05, 3.63) is 23.3 Å². The maximum atomic E-state index is 4.42. The first kappa shape index (κ1) is 11.3. The molecule has 0 radical (unpaired) electrons. The molecule has 16 heavy (non-hydrogen) atoms. The van der Waals surface area contributed by atoms with Crippen molar-refractivity contribution in [3.63, 3.8) is 0 Å². The van der Waals surface area contributed by atoms with Gasteiger partial charge in [0, 0.05) is 30.9 Å². The first-order valence-corrected chi connectivity index (χ1v) is 6.26. The molecular formula is C11H16N4S. The molecule has 0 saturated carbocycles. The third kappa shape index (κ3) is 2.48. The molecule has 0 unspecified atom stereocenters. The smallest absolute Gasteiger partial charge is 0.141 e. The standard InChI is InChI=1S/C11H16N4S/c1-3-5-12-7-9-8-13-11(16-9)10-4-6-14-15(10)2/h4,6,8,12H,3,5,7H2,1-2H3. The molecule has 2 rings (SSSR count). The molecule has 86 valence electrons. The van der Waals surface area contributed by atoms with Crippen molar-refractivity contribution in [1.82, 2.24) is 20.1 Å². The molecule has 0 bridgehead atoms. The number of rotatable bonds is 5. The molecule has 5 heteroatoms. The van der Waals surface area contributed by atoms with E-state index < -0.39 is 0 Å². The summed E-state index contributed by atoms with van der Waals surface area (Å²) in [5.74, 6) is 0. The number of aromatic nitrogens is 3. The quantitative estimate of drug-likeness (QED) is 0.808. The van der Waals surface area contributed by atoms with Crippen LogP contribution in [0.3, 0.4) is 0 Å². The number of hydrogen-bond acceptors (Lipinski definition) is 4. The topological polar surface area (TPSA) is 42.7 Å². The van der Waals surface area contributed by atoms with Crippen LogP contribution in [0.1, 0.15) is 18.2 Å². The highest BCUT2D eigenvalue weighted by atomic mass is 32.1. The average molecular weight is 236 g/mol. The van der Waals surface area contributed by atoms with Gasteiger partial charge < -0.3 is 5.32 Å². The van der Waals surface area contributed by atoms with E-state index in [-0.39, 0.29) is 0 Å². The summed E-state index contributed by atoms with van der Waals surface area (Å²) in [5, 5.41) is 8.55. The Hall–Kier alpha value is -1.20. The van der Waals surface area contributed by atoms with Gasteiger partial charge in [0.1, 0.15) is 5.01 Å². The highest BCUT2D eigenvalue weighted by Gasteiger charge is 2.07. The van der Waals surface area contributed by atoms with Gasteiger partial charge in [-0.1, -0.05) is 6.92 Å². The van der Waals surface area contributed by atoms with Crippen LogP contribution >= 0.6 is 11.3 Å². The number of aryl methyl sites for hydroxylation is 1. The Morgan fingerprint density at radius 3 is 3.06 bits per heavy atom. The molecule has 0 fully saturated rings. The minimum Gasteiger partial charge on any atom is -0.312 e. The SMILES string of the molecule is CCCNCc1cnc(-c2ccnn2C)s1. The average Bonchev–Trinajstić information content (AvgIpc) is 2.87. The van der Waals surface area contributed by atoms with Gasteiger partial charge in [0.15, 0.2) is 0 Å². The molecule has 1 N–H and O–H groups in total. The van der Waals surface area contributed by atoms with Crippen molar-refractivity contribution >= 4 is 11.3 Å². The van der Waals surface area contributed by atoms with E-state index in [0.717, 1.165) is 30.2 Å². The van der Waals surface area contributed by atoms with E-state index in [1.165, 1.54) is 4.88 Å². The number of hydrogen-bond donors (Lipinski definition) is 1. The van der Waals surface area contributed by atoms with Crippen LogP contribution < -0.4 is 5.32 Å². The van der Waals surface area contributed by atoms with Gasteiger partial charge in [-0.05, 0) is 19.0 Å². The predicted octanol–water partition coefficient (Wildman–Crippen LogP) is 2.04. The second-order valence-electron chi connectivity index (χ2n) is 3.65. The molecule has 0 aliphatic rings. The van der Waals surface area contributed by atoms with E-state index in [1.807, 2.05) is 24.0 Å². The molecule has 2 heterocycles. The van der Waals surface area contributed by atoms with Crippen molar-refractivity contribution in [2.24, 2.45) is 7.05 Å². The summed E-state index contributed by atoms with van der Waals surface area (Å²) in [6.07, 6.45) is 4.90. The highest BCUT2D eigenvalue weighted by molar-refractivity contribution is 7.15. The third-order valence-electron chi connectivity index (χ3n) is 2.32. The Kier molecular flexibility index (Phi) is 3.69. The van der Waals surface area contributed by atoms with Gasteiger partial charge in [0.05, 0.1) is 5.69 Å². The fourth-order valence-corrected chi connectivity index (χ4v) is 2.42. The summed E-state index contributed by atoms with van der Waals surface area (Å²) in [6.45, 7) is 4.13. The van der Waals surface area contributed by atoms with E-state index in [0.29, 0.717) is 0 Å². The molecule has 0 spiro atoms. The monoisotopic (exact) mass is 236 g/mol. The Balaban J connectivity index is 2.05. The number of nitrogens with zero attached hydrogens (tertiary/aromatic N) is 3. The minimum absolute atomic E-state index is 0.906. The maximum Gasteiger partial charge on any atom is 0.141 e. The van der Waals surface area contributed by atoms with Crippen LogP contribution in [0.4, 0.5) is 0 Å². The zero-order chi connectivity index (χ0) is 11.4. The van der Waals surface area contributed by atoms with Crippen molar-refractivity contribution in [3.8, 4) is 10.7 Å². The first-order valence-electron chi connectivity index (χ1n) is 5.45. The molecule has 2 aromatic heterocycles. The lowest BCUT2D eigenvalue weighted by Gasteiger charge is -1.98. The van der Waals surface area contributed by atoms with Crippen LogP contribution in [0.2, 0.25) is 0 Å². The van der Waals surface area contributed by atoms with Gasteiger partial charge in [-0.3, -0.25) is 4.68 Å². The van der Waals surface area contributed by atoms with E-state index >= 15 is 0 Å². The Morgan fingerprint density at radius 1 is 1.50 bits per heavy atom. The van der Waals surface area contributed by atoms with Crippen LogP contribution in [0.5, 0.6) is 0 Å². The first-order chi connectivity index (χ1) is 7.81. The summed E-state index contributed by atoms with van der Waals surface area (Å²) in [7, 11) is 1.94. The Labute approximate surface area is 99.3 Å². The summed E-state index contributed by atoms with van der Waals surface area (Å²) in [4.78, 5) is 5.68. The van der Waals surface area contributed by atoms with Crippen LogP contribution in [0, 0.1) is 0 Å². The van der Waals surface area contributed by atoms with Crippen LogP contribution in [0.15, 0.2) is 18.5 Å². The normalized spacial score (nSPS) is 10.9. The number of nitrogens with one attached hydrogen (secondary N) is 1. The predicted molar refractivity (Wildman–Crippen MR) is 66.3 cm³/mol. The lowest BCUT2D eigenvalue weighted by Crippen LogP contribution is -2.12. The summed E-state index contributed by atoms with van der Waals surface area (Å²) in [6, 6.07) is 1.99. The van der Waals surface area contributed by atoms with Gasteiger partial charge in [-0.15, -0.1) is 11.3 Å². The van der Waals surface area contributed by atoms with Crippen molar-refractivity contribution < 1.29 is 0 Å². The lowest BCUT2D eigenvalue weighted by molar-refractivity contribution is 0.681. The maximum absolute atomic E-state index is 4.42. The van der Waals surface area contributed by atoms with Crippen LogP contribution in [-0.4, -0.2) is 21.3 Å². The molecular weight excluding hydrogens is 220 g/mol. The van der Waals surface area contributed by atoms with Gasteiger partial charge in [-0.25, -0.2) is 4.98 Å². The van der Waals surface area contributed by atoms with E-state index in [1.54, 1.807) is 17.5 Å². The molecule has 0 amide bonds. The largest absolute Gasteiger partial charge is 0.312 e. The minimum atomic E-state index is 0.906. The van der Waals surface area contributed by atoms with Crippen molar-refractivity contribution in [2.45, 2.75) is 19.9 Å². The van der Waals surface area contributed by atoms with Crippen molar-refractivity contribution in [2.75, 3.05) is 6.54 Å². The molecule has 0 aliphatic heterocycles. The second kappa shape index (κ2) is 5.23. The fourth-order valence-electron chi connectivity index (χ4n) is 1.48. The highest BCUT2D eigenvalue weighted by Crippen LogP contribution is 2.24. The molecule has 0 saturated heterocycles. The van der Waals surface area contributed by atoms with Gasteiger partial charge in [-0.2, -0.15) is 5.10 Å². The molecule has 4 nitrogen and oxygen atoms in total. The van der Waals surface area contributed by atoms with Crippen molar-refractivity contribution in [1.29, 1.82) is 0 Å². The third-order valence-corrected chi connectivity index (χ3v) is 3.34.